The van der Waals surface area contributed by atoms with Crippen molar-refractivity contribution in [3.63, 3.8) is 0 Å². The average Bonchev–Trinajstić information content (AvgIpc) is 3.06. The maximum absolute atomic E-state index is 12.8. The van der Waals surface area contributed by atoms with Gasteiger partial charge < -0.3 is 15.5 Å². The number of hydrogen-bond acceptors (Lipinski definition) is 3. The molecule has 1 aromatic carbocycles. The van der Waals surface area contributed by atoms with E-state index < -0.39 is 0 Å². The van der Waals surface area contributed by atoms with Crippen LogP contribution in [0.3, 0.4) is 0 Å². The van der Waals surface area contributed by atoms with Gasteiger partial charge in [0.05, 0.1) is 6.04 Å². The number of para-hydroxylation sites is 1. The summed E-state index contributed by atoms with van der Waals surface area (Å²) in [5.74, 6) is 0.0769. The molecule has 3 fully saturated rings. The summed E-state index contributed by atoms with van der Waals surface area (Å²) in [5.41, 5.74) is 0.996. The van der Waals surface area contributed by atoms with E-state index in [1.807, 2.05) is 42.3 Å². The maximum Gasteiger partial charge on any atom is 0.317 e. The fourth-order valence-corrected chi connectivity index (χ4v) is 5.37. The van der Waals surface area contributed by atoms with Gasteiger partial charge in [-0.2, -0.15) is 0 Å². The summed E-state index contributed by atoms with van der Waals surface area (Å²) >= 11 is 0. The smallest absolute Gasteiger partial charge is 0.317 e. The van der Waals surface area contributed by atoms with E-state index in [-0.39, 0.29) is 23.4 Å². The maximum atomic E-state index is 12.8. The molecule has 2 N–H and O–H groups in total. The summed E-state index contributed by atoms with van der Waals surface area (Å²) in [7, 11) is 2.05. The van der Waals surface area contributed by atoms with E-state index in [0.29, 0.717) is 6.04 Å². The minimum atomic E-state index is -0.0992. The first-order valence-corrected chi connectivity index (χ1v) is 11.2. The Morgan fingerprint density at radius 3 is 2.41 bits per heavy atom. The number of likely N-dealkylation sites (N-methyl/N-ethyl adjacent to an activating group) is 1. The molecular weight excluding hydrogens is 364 g/mol. The molecule has 2 saturated heterocycles. The molecule has 158 valence electrons. The van der Waals surface area contributed by atoms with Gasteiger partial charge in [0.1, 0.15) is 0 Å². The molecule has 29 heavy (non-hydrogen) atoms. The van der Waals surface area contributed by atoms with Crippen LogP contribution in [-0.4, -0.2) is 60.5 Å². The molecule has 6 heteroatoms. The number of anilines is 1. The first-order chi connectivity index (χ1) is 14.0. The summed E-state index contributed by atoms with van der Waals surface area (Å²) in [5, 5.41) is 6.30. The zero-order valence-electron chi connectivity index (χ0n) is 17.5. The summed E-state index contributed by atoms with van der Waals surface area (Å²) in [6, 6.07) is 10.0. The van der Waals surface area contributed by atoms with E-state index >= 15 is 0 Å². The van der Waals surface area contributed by atoms with Crippen molar-refractivity contribution in [3.8, 4) is 0 Å². The minimum absolute atomic E-state index is 0.0769. The van der Waals surface area contributed by atoms with Gasteiger partial charge in [-0.15, -0.1) is 0 Å². The van der Waals surface area contributed by atoms with Crippen LogP contribution in [0.1, 0.15) is 51.4 Å². The van der Waals surface area contributed by atoms with Gasteiger partial charge in [0.25, 0.3) is 0 Å². The minimum Gasteiger partial charge on any atom is -0.335 e. The molecule has 2 aliphatic heterocycles. The number of nitrogens with zero attached hydrogens (tertiary/aromatic N) is 2. The van der Waals surface area contributed by atoms with E-state index in [2.05, 4.69) is 15.5 Å². The van der Waals surface area contributed by atoms with Gasteiger partial charge in [0.2, 0.25) is 5.91 Å². The van der Waals surface area contributed by atoms with Crippen molar-refractivity contribution >= 4 is 17.6 Å². The molecule has 0 aromatic heterocycles. The monoisotopic (exact) mass is 398 g/mol. The van der Waals surface area contributed by atoms with Gasteiger partial charge in [-0.1, -0.05) is 37.5 Å². The van der Waals surface area contributed by atoms with Crippen LogP contribution in [0.25, 0.3) is 0 Å². The van der Waals surface area contributed by atoms with Crippen molar-refractivity contribution in [3.05, 3.63) is 30.3 Å². The molecule has 1 aliphatic carbocycles. The van der Waals surface area contributed by atoms with Crippen molar-refractivity contribution in [1.82, 2.24) is 15.1 Å². The highest BCUT2D eigenvalue weighted by Gasteiger charge is 2.47. The third-order valence-corrected chi connectivity index (χ3v) is 7.13. The van der Waals surface area contributed by atoms with E-state index in [4.69, 9.17) is 0 Å². The highest BCUT2D eigenvalue weighted by Crippen LogP contribution is 2.43. The molecule has 1 spiro atoms. The van der Waals surface area contributed by atoms with Crippen LogP contribution in [0.2, 0.25) is 0 Å². The molecule has 2 heterocycles. The summed E-state index contributed by atoms with van der Waals surface area (Å²) in [4.78, 5) is 29.6. The molecular formula is C23H34N4O2. The van der Waals surface area contributed by atoms with E-state index in [1.165, 1.54) is 19.3 Å². The van der Waals surface area contributed by atoms with Gasteiger partial charge in [0, 0.05) is 31.4 Å². The van der Waals surface area contributed by atoms with Crippen molar-refractivity contribution in [2.24, 2.45) is 5.41 Å². The lowest BCUT2D eigenvalue weighted by atomic mass is 9.76. The normalized spacial score (nSPS) is 25.1. The standard InChI is InChI=1S/C23H34N4O2/c1-26-17-23(16-20(26)21(28)24-18-8-4-2-5-9-18)12-14-27(15-13-23)22(29)25-19-10-6-3-7-11-19/h2,4-5,8-9,19-20H,3,6-7,10-17H2,1H3,(H,24,28)(H,25,29). The number of benzene rings is 1. The van der Waals surface area contributed by atoms with Crippen molar-refractivity contribution < 1.29 is 9.59 Å². The van der Waals surface area contributed by atoms with Crippen LogP contribution in [0.5, 0.6) is 0 Å². The third-order valence-electron chi connectivity index (χ3n) is 7.13. The largest absolute Gasteiger partial charge is 0.335 e. The lowest BCUT2D eigenvalue weighted by Gasteiger charge is -2.39. The third kappa shape index (κ3) is 4.74. The molecule has 0 bridgehead atoms. The lowest BCUT2D eigenvalue weighted by Crippen LogP contribution is -2.50. The van der Waals surface area contributed by atoms with Gasteiger partial charge in [0.15, 0.2) is 0 Å². The van der Waals surface area contributed by atoms with E-state index in [1.54, 1.807) is 0 Å². The quantitative estimate of drug-likeness (QED) is 0.820. The Labute approximate surface area is 174 Å². The Kier molecular flexibility index (Phi) is 6.09. The number of nitrogens with one attached hydrogen (secondary N) is 2. The van der Waals surface area contributed by atoms with Crippen LogP contribution in [-0.2, 0) is 4.79 Å². The highest BCUT2D eigenvalue weighted by atomic mass is 16.2. The summed E-state index contributed by atoms with van der Waals surface area (Å²) in [6.45, 7) is 2.51. The molecule has 0 radical (unpaired) electrons. The molecule has 1 unspecified atom stereocenters. The SMILES string of the molecule is CN1CC2(CCN(C(=O)NC3CCCCC3)CC2)CC1C(=O)Nc1ccccc1. The fourth-order valence-electron chi connectivity index (χ4n) is 5.37. The topological polar surface area (TPSA) is 64.7 Å². The number of hydrogen-bond donors (Lipinski definition) is 2. The van der Waals surface area contributed by atoms with E-state index in [9.17, 15) is 9.59 Å². The number of carbonyl (C=O) groups is 2. The van der Waals surface area contributed by atoms with Crippen molar-refractivity contribution in [2.45, 2.75) is 63.5 Å². The second-order valence-electron chi connectivity index (χ2n) is 9.26. The van der Waals surface area contributed by atoms with Crippen LogP contribution in [0, 0.1) is 5.41 Å². The average molecular weight is 399 g/mol. The predicted molar refractivity (Wildman–Crippen MR) is 115 cm³/mol. The molecule has 6 nitrogen and oxygen atoms in total. The summed E-state index contributed by atoms with van der Waals surface area (Å²) < 4.78 is 0. The fraction of sp³-hybridized carbons (Fsp3) is 0.652. The number of amides is 3. The molecule has 1 atom stereocenters. The van der Waals surface area contributed by atoms with Gasteiger partial charge in [-0.25, -0.2) is 4.79 Å². The van der Waals surface area contributed by atoms with E-state index in [0.717, 1.165) is 57.4 Å². The van der Waals surface area contributed by atoms with Gasteiger partial charge >= 0.3 is 6.03 Å². The molecule has 1 aromatic rings. The second kappa shape index (κ2) is 8.74. The van der Waals surface area contributed by atoms with Crippen LogP contribution < -0.4 is 10.6 Å². The van der Waals surface area contributed by atoms with Crippen LogP contribution in [0.15, 0.2) is 30.3 Å². The number of piperidine rings is 1. The first kappa shape index (κ1) is 20.2. The highest BCUT2D eigenvalue weighted by molar-refractivity contribution is 5.95. The predicted octanol–water partition coefficient (Wildman–Crippen LogP) is 3.45. The lowest BCUT2D eigenvalue weighted by molar-refractivity contribution is -0.120. The number of likely N-dealkylation sites (tertiary alicyclic amines) is 2. The zero-order chi connectivity index (χ0) is 20.3. The van der Waals surface area contributed by atoms with Gasteiger partial charge in [-0.3, -0.25) is 9.69 Å². The Morgan fingerprint density at radius 1 is 1.03 bits per heavy atom. The molecule has 1 saturated carbocycles. The van der Waals surface area contributed by atoms with Crippen molar-refractivity contribution in [2.75, 3.05) is 32.0 Å². The Morgan fingerprint density at radius 2 is 1.72 bits per heavy atom. The van der Waals surface area contributed by atoms with Crippen molar-refractivity contribution in [1.29, 1.82) is 0 Å². The zero-order valence-corrected chi connectivity index (χ0v) is 17.5. The summed E-state index contributed by atoms with van der Waals surface area (Å²) in [6.07, 6.45) is 8.82. The molecule has 4 rings (SSSR count). The first-order valence-electron chi connectivity index (χ1n) is 11.2. The number of rotatable bonds is 3. The Hall–Kier alpha value is -2.08. The van der Waals surface area contributed by atoms with Crippen LogP contribution >= 0.6 is 0 Å². The Bertz CT molecular complexity index is 709. The second-order valence-corrected chi connectivity index (χ2v) is 9.26. The Balaban J connectivity index is 1.29. The van der Waals surface area contributed by atoms with Crippen LogP contribution in [0.4, 0.5) is 10.5 Å². The van der Waals surface area contributed by atoms with Gasteiger partial charge in [-0.05, 0) is 56.7 Å². The molecule has 3 amide bonds. The number of urea groups is 1. The number of carbonyl (C=O) groups excluding carboxylic acids is 2. The molecule has 3 aliphatic rings.